The number of hydrogen-bond acceptors (Lipinski definition) is 5. The van der Waals surface area contributed by atoms with Crippen molar-refractivity contribution in [2.75, 3.05) is 13.4 Å². The quantitative estimate of drug-likeness (QED) is 0.780. The predicted octanol–water partition coefficient (Wildman–Crippen LogP) is 2.01. The van der Waals surface area contributed by atoms with E-state index in [-0.39, 0.29) is 25.3 Å². The summed E-state index contributed by atoms with van der Waals surface area (Å²) in [5, 5.41) is 2.70. The minimum Gasteiger partial charge on any atom is -0.456 e. The van der Waals surface area contributed by atoms with Gasteiger partial charge in [0.2, 0.25) is 6.79 Å². The van der Waals surface area contributed by atoms with Crippen LogP contribution in [0.25, 0.3) is 0 Å². The van der Waals surface area contributed by atoms with Gasteiger partial charge in [-0.3, -0.25) is 9.59 Å². The summed E-state index contributed by atoms with van der Waals surface area (Å²) < 4.78 is 15.4. The van der Waals surface area contributed by atoms with Gasteiger partial charge >= 0.3 is 5.97 Å². The SMILES string of the molecule is CC(C)CCC(=O)OCC(=O)NCc1ccc2c(c1)OCO2. The maximum Gasteiger partial charge on any atom is 0.306 e. The number of carbonyl (C=O) groups excluding carboxylic acids is 2. The highest BCUT2D eigenvalue weighted by Crippen LogP contribution is 2.32. The predicted molar refractivity (Wildman–Crippen MR) is 79.4 cm³/mol. The van der Waals surface area contributed by atoms with Gasteiger partial charge < -0.3 is 19.5 Å². The van der Waals surface area contributed by atoms with Crippen molar-refractivity contribution in [2.45, 2.75) is 33.2 Å². The van der Waals surface area contributed by atoms with E-state index in [1.165, 1.54) is 0 Å². The van der Waals surface area contributed by atoms with E-state index in [1.54, 1.807) is 6.07 Å². The van der Waals surface area contributed by atoms with Gasteiger partial charge in [-0.1, -0.05) is 19.9 Å². The van der Waals surface area contributed by atoms with Gasteiger partial charge in [0.25, 0.3) is 5.91 Å². The van der Waals surface area contributed by atoms with Crippen LogP contribution in [0.5, 0.6) is 11.5 Å². The first-order valence-electron chi connectivity index (χ1n) is 7.35. The van der Waals surface area contributed by atoms with E-state index in [4.69, 9.17) is 14.2 Å². The molecule has 6 heteroatoms. The van der Waals surface area contributed by atoms with Crippen LogP contribution < -0.4 is 14.8 Å². The second-order valence-electron chi connectivity index (χ2n) is 5.56. The molecular formula is C16H21NO5. The Morgan fingerprint density at radius 1 is 1.27 bits per heavy atom. The van der Waals surface area contributed by atoms with Crippen molar-refractivity contribution in [1.29, 1.82) is 0 Å². The van der Waals surface area contributed by atoms with Gasteiger partial charge in [-0.15, -0.1) is 0 Å². The topological polar surface area (TPSA) is 73.9 Å². The fraction of sp³-hybridized carbons (Fsp3) is 0.500. The Balaban J connectivity index is 1.68. The van der Waals surface area contributed by atoms with Crippen molar-refractivity contribution in [3.8, 4) is 11.5 Å². The number of benzene rings is 1. The number of ether oxygens (including phenoxy) is 3. The monoisotopic (exact) mass is 307 g/mol. The lowest BCUT2D eigenvalue weighted by Crippen LogP contribution is -2.28. The van der Waals surface area contributed by atoms with Gasteiger partial charge in [-0.05, 0) is 30.0 Å². The first-order chi connectivity index (χ1) is 10.5. The lowest BCUT2D eigenvalue weighted by atomic mass is 10.1. The summed E-state index contributed by atoms with van der Waals surface area (Å²) >= 11 is 0. The zero-order valence-electron chi connectivity index (χ0n) is 12.9. The standard InChI is InChI=1S/C16H21NO5/c1-11(2)3-6-16(19)20-9-15(18)17-8-12-4-5-13-14(7-12)22-10-21-13/h4-5,7,11H,3,6,8-10H2,1-2H3,(H,17,18). The van der Waals surface area contributed by atoms with Crippen molar-refractivity contribution >= 4 is 11.9 Å². The first-order valence-corrected chi connectivity index (χ1v) is 7.35. The van der Waals surface area contributed by atoms with E-state index in [9.17, 15) is 9.59 Å². The highest BCUT2D eigenvalue weighted by molar-refractivity contribution is 5.80. The molecule has 6 nitrogen and oxygen atoms in total. The molecule has 0 bridgehead atoms. The molecule has 0 radical (unpaired) electrons. The number of nitrogens with one attached hydrogen (secondary N) is 1. The summed E-state index contributed by atoms with van der Waals surface area (Å²) in [6.45, 7) is 4.38. The number of hydrogen-bond donors (Lipinski definition) is 1. The van der Waals surface area contributed by atoms with Crippen molar-refractivity contribution in [1.82, 2.24) is 5.32 Å². The van der Waals surface area contributed by atoms with Gasteiger partial charge in [0.05, 0.1) is 0 Å². The molecule has 1 aliphatic rings. The summed E-state index contributed by atoms with van der Waals surface area (Å²) in [4.78, 5) is 23.1. The Hall–Kier alpha value is -2.24. The van der Waals surface area contributed by atoms with Gasteiger partial charge in [-0.2, -0.15) is 0 Å². The molecule has 0 unspecified atom stereocenters. The minimum atomic E-state index is -0.341. The minimum absolute atomic E-state index is 0.220. The van der Waals surface area contributed by atoms with Crippen LogP contribution in [0.1, 0.15) is 32.3 Å². The lowest BCUT2D eigenvalue weighted by molar-refractivity contribution is -0.148. The molecule has 1 heterocycles. The molecule has 1 amide bonds. The van der Waals surface area contributed by atoms with E-state index in [0.717, 1.165) is 12.0 Å². The molecule has 0 atom stereocenters. The summed E-state index contributed by atoms with van der Waals surface area (Å²) in [5.41, 5.74) is 0.892. The lowest BCUT2D eigenvalue weighted by Gasteiger charge is -2.08. The van der Waals surface area contributed by atoms with Crippen LogP contribution in [0, 0.1) is 5.92 Å². The van der Waals surface area contributed by atoms with E-state index < -0.39 is 0 Å². The van der Waals surface area contributed by atoms with Crippen LogP contribution in [0.15, 0.2) is 18.2 Å². The summed E-state index contributed by atoms with van der Waals surface area (Å²) in [7, 11) is 0. The molecule has 2 rings (SSSR count). The Morgan fingerprint density at radius 3 is 2.82 bits per heavy atom. The Bertz CT molecular complexity index is 541. The molecular weight excluding hydrogens is 286 g/mol. The van der Waals surface area contributed by atoms with Gasteiger partial charge in [-0.25, -0.2) is 0 Å². The van der Waals surface area contributed by atoms with E-state index >= 15 is 0 Å². The Kier molecular flexibility index (Phi) is 5.63. The zero-order valence-corrected chi connectivity index (χ0v) is 12.9. The van der Waals surface area contributed by atoms with Gasteiger partial charge in [0.15, 0.2) is 18.1 Å². The zero-order chi connectivity index (χ0) is 15.9. The van der Waals surface area contributed by atoms with Crippen molar-refractivity contribution in [3.63, 3.8) is 0 Å². The molecule has 22 heavy (non-hydrogen) atoms. The first kappa shape index (κ1) is 16.1. The molecule has 0 saturated heterocycles. The van der Waals surface area contributed by atoms with Crippen molar-refractivity contribution in [3.05, 3.63) is 23.8 Å². The number of carbonyl (C=O) groups is 2. The molecule has 1 aliphatic heterocycles. The normalized spacial score (nSPS) is 12.3. The summed E-state index contributed by atoms with van der Waals surface area (Å²) in [5.74, 6) is 1.15. The number of esters is 1. The third kappa shape index (κ3) is 4.95. The number of fused-ring (bicyclic) bond motifs is 1. The van der Waals surface area contributed by atoms with Crippen LogP contribution in [0.2, 0.25) is 0 Å². The Morgan fingerprint density at radius 2 is 2.05 bits per heavy atom. The van der Waals surface area contributed by atoms with Crippen molar-refractivity contribution in [2.24, 2.45) is 5.92 Å². The van der Waals surface area contributed by atoms with E-state index in [0.29, 0.717) is 30.4 Å². The smallest absolute Gasteiger partial charge is 0.306 e. The van der Waals surface area contributed by atoms with Crippen LogP contribution in [-0.4, -0.2) is 25.3 Å². The maximum atomic E-state index is 11.6. The van der Waals surface area contributed by atoms with Gasteiger partial charge in [0, 0.05) is 13.0 Å². The van der Waals surface area contributed by atoms with Crippen LogP contribution in [0.4, 0.5) is 0 Å². The number of amides is 1. The van der Waals surface area contributed by atoms with Crippen molar-refractivity contribution < 1.29 is 23.8 Å². The van der Waals surface area contributed by atoms with E-state index in [2.05, 4.69) is 5.32 Å². The summed E-state index contributed by atoms with van der Waals surface area (Å²) in [6, 6.07) is 5.47. The van der Waals surface area contributed by atoms with Crippen LogP contribution in [0.3, 0.4) is 0 Å². The fourth-order valence-electron chi connectivity index (χ4n) is 1.93. The molecule has 0 aliphatic carbocycles. The highest BCUT2D eigenvalue weighted by Gasteiger charge is 2.13. The number of rotatable bonds is 7. The average Bonchev–Trinajstić information content (AvgIpc) is 2.96. The summed E-state index contributed by atoms with van der Waals surface area (Å²) in [6.07, 6.45) is 1.10. The highest BCUT2D eigenvalue weighted by atomic mass is 16.7. The second-order valence-corrected chi connectivity index (χ2v) is 5.56. The maximum absolute atomic E-state index is 11.6. The fourth-order valence-corrected chi connectivity index (χ4v) is 1.93. The van der Waals surface area contributed by atoms with Gasteiger partial charge in [0.1, 0.15) is 0 Å². The molecule has 0 fully saturated rings. The molecule has 0 aromatic heterocycles. The van der Waals surface area contributed by atoms with Crippen LogP contribution in [-0.2, 0) is 20.9 Å². The third-order valence-electron chi connectivity index (χ3n) is 3.22. The molecule has 1 aromatic rings. The van der Waals surface area contributed by atoms with E-state index in [1.807, 2.05) is 26.0 Å². The average molecular weight is 307 g/mol. The molecule has 1 aromatic carbocycles. The van der Waals surface area contributed by atoms with Crippen LogP contribution >= 0.6 is 0 Å². The molecule has 0 spiro atoms. The second kappa shape index (κ2) is 7.68. The molecule has 0 saturated carbocycles. The molecule has 120 valence electrons. The Labute approximate surface area is 129 Å². The molecule has 1 N–H and O–H groups in total. The third-order valence-corrected chi connectivity index (χ3v) is 3.22. The largest absolute Gasteiger partial charge is 0.456 e.